The minimum absolute atomic E-state index is 0.0731. The molecule has 1 aliphatic heterocycles. The van der Waals surface area contributed by atoms with Crippen LogP contribution in [0.1, 0.15) is 42.1 Å². The molecule has 2 aromatic rings. The van der Waals surface area contributed by atoms with Gasteiger partial charge in [0.15, 0.2) is 0 Å². The van der Waals surface area contributed by atoms with Gasteiger partial charge in [-0.25, -0.2) is 0 Å². The Kier molecular flexibility index (Phi) is 8.49. The number of amides is 2. The number of halogens is 2. The zero-order chi connectivity index (χ0) is 24.1. The number of methoxy groups -OCH3 is 2. The lowest BCUT2D eigenvalue weighted by Gasteiger charge is -2.21. The first-order chi connectivity index (χ1) is 15.7. The van der Waals surface area contributed by atoms with Gasteiger partial charge in [-0.15, -0.1) is 0 Å². The van der Waals surface area contributed by atoms with Gasteiger partial charge in [-0.05, 0) is 36.6 Å². The van der Waals surface area contributed by atoms with E-state index in [-0.39, 0.29) is 29.3 Å². The van der Waals surface area contributed by atoms with Gasteiger partial charge >= 0.3 is 0 Å². The topological polar surface area (TPSA) is 67.9 Å². The molecule has 33 heavy (non-hydrogen) atoms. The highest BCUT2D eigenvalue weighted by Gasteiger charge is 2.42. The Bertz CT molecular complexity index is 1010. The number of hydrogen-bond acceptors (Lipinski definition) is 4. The maximum atomic E-state index is 13.3. The van der Waals surface area contributed by atoms with Gasteiger partial charge in [0.2, 0.25) is 5.91 Å². The highest BCUT2D eigenvalue weighted by molar-refractivity contribution is 6.36. The van der Waals surface area contributed by atoms with Crippen molar-refractivity contribution in [1.29, 1.82) is 0 Å². The highest BCUT2D eigenvalue weighted by atomic mass is 35.5. The summed E-state index contributed by atoms with van der Waals surface area (Å²) in [5.41, 5.74) is 1.22. The Morgan fingerprint density at radius 1 is 1.09 bits per heavy atom. The third-order valence-electron chi connectivity index (χ3n) is 5.97. The van der Waals surface area contributed by atoms with E-state index in [9.17, 15) is 9.59 Å². The molecule has 1 saturated heterocycles. The summed E-state index contributed by atoms with van der Waals surface area (Å²) in [6.45, 7) is 5.47. The lowest BCUT2D eigenvalue weighted by molar-refractivity contribution is -0.124. The van der Waals surface area contributed by atoms with Crippen molar-refractivity contribution in [3.63, 3.8) is 0 Å². The molecule has 1 N–H and O–H groups in total. The van der Waals surface area contributed by atoms with Crippen LogP contribution in [0.15, 0.2) is 36.4 Å². The van der Waals surface area contributed by atoms with Crippen LogP contribution in [0.3, 0.4) is 0 Å². The fourth-order valence-electron chi connectivity index (χ4n) is 4.12. The van der Waals surface area contributed by atoms with Crippen molar-refractivity contribution in [2.45, 2.75) is 26.2 Å². The Morgan fingerprint density at radius 3 is 2.48 bits per heavy atom. The maximum Gasteiger partial charge on any atom is 0.255 e. The number of likely N-dealkylation sites (tertiary alicyclic amines) is 1. The summed E-state index contributed by atoms with van der Waals surface area (Å²) in [4.78, 5) is 28.2. The standard InChI is InChI=1S/C25H30Cl2N2O4/c1-15(2)9-10-28-24(30)21-14-29(25(31)19-7-5-16(26)11-22(19)27)13-20(21)18-8-6-17(32-3)12-23(18)33-4/h5-8,11-12,15,20-21H,9-10,13-14H2,1-4H3,(H,28,30)/t20-,21-/m0/s1. The lowest BCUT2D eigenvalue weighted by atomic mass is 9.87. The van der Waals surface area contributed by atoms with E-state index in [0.717, 1.165) is 12.0 Å². The van der Waals surface area contributed by atoms with E-state index in [1.807, 2.05) is 12.1 Å². The third-order valence-corrected chi connectivity index (χ3v) is 6.51. The predicted molar refractivity (Wildman–Crippen MR) is 131 cm³/mol. The van der Waals surface area contributed by atoms with Crippen molar-refractivity contribution in [1.82, 2.24) is 10.2 Å². The molecule has 2 amide bonds. The molecule has 0 unspecified atom stereocenters. The van der Waals surface area contributed by atoms with Crippen LogP contribution in [0.4, 0.5) is 0 Å². The molecule has 1 aliphatic rings. The summed E-state index contributed by atoms with van der Waals surface area (Å²) in [6.07, 6.45) is 0.887. The van der Waals surface area contributed by atoms with Crippen molar-refractivity contribution in [2.75, 3.05) is 33.9 Å². The Hall–Kier alpha value is -2.44. The summed E-state index contributed by atoms with van der Waals surface area (Å²) >= 11 is 12.3. The largest absolute Gasteiger partial charge is 0.497 e. The number of carbonyl (C=O) groups excluding carboxylic acids is 2. The van der Waals surface area contributed by atoms with Crippen molar-refractivity contribution < 1.29 is 19.1 Å². The van der Waals surface area contributed by atoms with E-state index in [2.05, 4.69) is 19.2 Å². The first-order valence-electron chi connectivity index (χ1n) is 11.0. The second kappa shape index (κ2) is 11.1. The smallest absolute Gasteiger partial charge is 0.255 e. The monoisotopic (exact) mass is 492 g/mol. The number of carbonyl (C=O) groups is 2. The van der Waals surface area contributed by atoms with Crippen molar-refractivity contribution in [3.8, 4) is 11.5 Å². The van der Waals surface area contributed by atoms with E-state index in [1.165, 1.54) is 0 Å². The molecule has 0 radical (unpaired) electrons. The predicted octanol–water partition coefficient (Wildman–Crippen LogP) is 5.03. The van der Waals surface area contributed by atoms with E-state index in [0.29, 0.717) is 41.1 Å². The fourth-order valence-corrected chi connectivity index (χ4v) is 4.61. The molecule has 6 nitrogen and oxygen atoms in total. The molecule has 0 aromatic heterocycles. The average molecular weight is 493 g/mol. The number of nitrogens with zero attached hydrogens (tertiary/aromatic N) is 1. The van der Waals surface area contributed by atoms with E-state index in [4.69, 9.17) is 32.7 Å². The van der Waals surface area contributed by atoms with Crippen LogP contribution in [-0.4, -0.2) is 50.6 Å². The molecule has 2 atom stereocenters. The van der Waals surface area contributed by atoms with Crippen molar-refractivity contribution in [3.05, 3.63) is 57.6 Å². The Labute approximate surface area is 205 Å². The minimum atomic E-state index is -0.422. The second-order valence-electron chi connectivity index (χ2n) is 8.63. The SMILES string of the molecule is COc1ccc([C@@H]2CN(C(=O)c3ccc(Cl)cc3Cl)C[C@@H]2C(=O)NCCC(C)C)c(OC)c1. The summed E-state index contributed by atoms with van der Waals surface area (Å²) in [6, 6.07) is 10.3. The quantitative estimate of drug-likeness (QED) is 0.560. The van der Waals surface area contributed by atoms with Gasteiger partial charge in [0.05, 0.1) is 30.7 Å². The average Bonchev–Trinajstić information content (AvgIpc) is 3.23. The van der Waals surface area contributed by atoms with Gasteiger partial charge in [-0.1, -0.05) is 43.1 Å². The van der Waals surface area contributed by atoms with Crippen LogP contribution >= 0.6 is 23.2 Å². The van der Waals surface area contributed by atoms with Crippen LogP contribution in [0.5, 0.6) is 11.5 Å². The summed E-state index contributed by atoms with van der Waals surface area (Å²) in [7, 11) is 3.17. The molecule has 3 rings (SSSR count). The number of rotatable bonds is 8. The molecule has 178 valence electrons. The molecule has 1 fully saturated rings. The second-order valence-corrected chi connectivity index (χ2v) is 9.47. The van der Waals surface area contributed by atoms with Crippen LogP contribution in [-0.2, 0) is 4.79 Å². The zero-order valence-corrected chi connectivity index (χ0v) is 20.9. The minimum Gasteiger partial charge on any atom is -0.497 e. The number of benzene rings is 2. The first-order valence-corrected chi connectivity index (χ1v) is 11.7. The van der Waals surface area contributed by atoms with Gasteiger partial charge < -0.3 is 19.7 Å². The first kappa shape index (κ1) is 25.2. The normalized spacial score (nSPS) is 17.8. The molecule has 0 saturated carbocycles. The van der Waals surface area contributed by atoms with Crippen molar-refractivity contribution >= 4 is 35.0 Å². The Balaban J connectivity index is 1.91. The molecular weight excluding hydrogens is 463 g/mol. The highest BCUT2D eigenvalue weighted by Crippen LogP contribution is 2.40. The van der Waals surface area contributed by atoms with E-state index < -0.39 is 5.92 Å². The van der Waals surface area contributed by atoms with Gasteiger partial charge in [0, 0.05) is 42.2 Å². The summed E-state index contributed by atoms with van der Waals surface area (Å²) < 4.78 is 10.9. The van der Waals surface area contributed by atoms with Crippen molar-refractivity contribution in [2.24, 2.45) is 11.8 Å². The molecular formula is C25H30Cl2N2O4. The number of nitrogens with one attached hydrogen (secondary N) is 1. The van der Waals surface area contributed by atoms with Gasteiger partial charge in [-0.3, -0.25) is 9.59 Å². The number of hydrogen-bond donors (Lipinski definition) is 1. The summed E-state index contributed by atoms with van der Waals surface area (Å²) in [5.74, 6) is 0.805. The molecule has 2 aromatic carbocycles. The summed E-state index contributed by atoms with van der Waals surface area (Å²) in [5, 5.41) is 3.80. The number of ether oxygens (including phenoxy) is 2. The van der Waals surface area contributed by atoms with Gasteiger partial charge in [0.1, 0.15) is 11.5 Å². The van der Waals surface area contributed by atoms with Gasteiger partial charge in [-0.2, -0.15) is 0 Å². The lowest BCUT2D eigenvalue weighted by Crippen LogP contribution is -2.36. The molecule has 0 bridgehead atoms. The zero-order valence-electron chi connectivity index (χ0n) is 19.4. The molecule has 0 spiro atoms. The molecule has 1 heterocycles. The van der Waals surface area contributed by atoms with E-state index >= 15 is 0 Å². The molecule has 0 aliphatic carbocycles. The van der Waals surface area contributed by atoms with E-state index in [1.54, 1.807) is 43.4 Å². The maximum absolute atomic E-state index is 13.3. The van der Waals surface area contributed by atoms with Crippen LogP contribution in [0.25, 0.3) is 0 Å². The Morgan fingerprint density at radius 2 is 1.85 bits per heavy atom. The van der Waals surface area contributed by atoms with Crippen LogP contribution in [0, 0.1) is 11.8 Å². The third kappa shape index (κ3) is 5.92. The van der Waals surface area contributed by atoms with Crippen LogP contribution < -0.4 is 14.8 Å². The van der Waals surface area contributed by atoms with Crippen LogP contribution in [0.2, 0.25) is 10.0 Å². The molecule has 8 heteroatoms. The van der Waals surface area contributed by atoms with Gasteiger partial charge in [0.25, 0.3) is 5.91 Å². The fraction of sp³-hybridized carbons (Fsp3) is 0.440.